The van der Waals surface area contributed by atoms with Crippen LogP contribution in [0.3, 0.4) is 0 Å². The van der Waals surface area contributed by atoms with E-state index in [0.29, 0.717) is 11.7 Å². The van der Waals surface area contributed by atoms with E-state index < -0.39 is 0 Å². The van der Waals surface area contributed by atoms with E-state index in [9.17, 15) is 0 Å². The van der Waals surface area contributed by atoms with Crippen LogP contribution < -0.4 is 16.8 Å². The molecule has 1 saturated heterocycles. The van der Waals surface area contributed by atoms with Gasteiger partial charge in [0.2, 0.25) is 0 Å². The first-order chi connectivity index (χ1) is 6.29. The van der Waals surface area contributed by atoms with Crippen molar-refractivity contribution in [1.29, 1.82) is 0 Å². The predicted octanol–water partition coefficient (Wildman–Crippen LogP) is 1.28. The summed E-state index contributed by atoms with van der Waals surface area (Å²) in [5.74, 6) is 0. The normalized spacial score (nSPS) is 22.0. The van der Waals surface area contributed by atoms with Crippen LogP contribution in [-0.2, 0) is 0 Å². The van der Waals surface area contributed by atoms with Crippen LogP contribution in [0.2, 0.25) is 0 Å². The van der Waals surface area contributed by atoms with Crippen molar-refractivity contribution in [1.82, 2.24) is 5.32 Å². The highest BCUT2D eigenvalue weighted by atomic mass is 14.9. The number of hydrogen-bond donors (Lipinski definition) is 3. The Morgan fingerprint density at radius 2 is 2.15 bits per heavy atom. The molecule has 13 heavy (non-hydrogen) atoms. The Labute approximate surface area is 78.1 Å². The highest BCUT2D eigenvalue weighted by molar-refractivity contribution is 5.67. The zero-order chi connectivity index (χ0) is 9.26. The number of nitrogens with two attached hydrogens (primary N) is 2. The van der Waals surface area contributed by atoms with Crippen LogP contribution in [0.5, 0.6) is 0 Å². The third-order valence-electron chi connectivity index (χ3n) is 2.61. The van der Waals surface area contributed by atoms with Gasteiger partial charge < -0.3 is 16.8 Å². The van der Waals surface area contributed by atoms with E-state index in [2.05, 4.69) is 11.4 Å². The number of benzene rings is 1. The second-order valence-electron chi connectivity index (χ2n) is 3.50. The topological polar surface area (TPSA) is 64.1 Å². The zero-order valence-electron chi connectivity index (χ0n) is 7.59. The number of para-hydroxylation sites is 1. The summed E-state index contributed by atoms with van der Waals surface area (Å²) < 4.78 is 0. The van der Waals surface area contributed by atoms with Crippen LogP contribution in [0, 0.1) is 0 Å². The average molecular weight is 177 g/mol. The Bertz CT molecular complexity index is 303. The fourth-order valence-corrected chi connectivity index (χ4v) is 1.86. The van der Waals surface area contributed by atoms with E-state index in [1.807, 2.05) is 12.1 Å². The van der Waals surface area contributed by atoms with Gasteiger partial charge in [0.1, 0.15) is 0 Å². The summed E-state index contributed by atoms with van der Waals surface area (Å²) in [5.41, 5.74) is 14.2. The van der Waals surface area contributed by atoms with Crippen LogP contribution >= 0.6 is 0 Å². The summed E-state index contributed by atoms with van der Waals surface area (Å²) in [5, 5.41) is 3.41. The minimum absolute atomic E-state index is 0.406. The number of rotatable bonds is 1. The number of hydrogen-bond acceptors (Lipinski definition) is 3. The molecule has 0 spiro atoms. The fourth-order valence-electron chi connectivity index (χ4n) is 1.86. The molecule has 0 aromatic heterocycles. The van der Waals surface area contributed by atoms with Gasteiger partial charge in [-0.2, -0.15) is 0 Å². The van der Waals surface area contributed by atoms with Crippen molar-refractivity contribution < 1.29 is 0 Å². The molecular weight excluding hydrogens is 162 g/mol. The van der Waals surface area contributed by atoms with Crippen molar-refractivity contribution in [3.8, 4) is 0 Å². The van der Waals surface area contributed by atoms with Gasteiger partial charge in [0.15, 0.2) is 0 Å². The molecule has 1 aliphatic rings. The van der Waals surface area contributed by atoms with E-state index >= 15 is 0 Å². The molecule has 0 bridgehead atoms. The van der Waals surface area contributed by atoms with E-state index in [-0.39, 0.29) is 0 Å². The quantitative estimate of drug-likeness (QED) is 0.566. The summed E-state index contributed by atoms with van der Waals surface area (Å²) >= 11 is 0. The van der Waals surface area contributed by atoms with Gasteiger partial charge in [0, 0.05) is 6.04 Å². The molecule has 5 N–H and O–H groups in total. The summed E-state index contributed by atoms with van der Waals surface area (Å²) in [6, 6.07) is 6.26. The van der Waals surface area contributed by atoms with E-state index in [1.165, 1.54) is 6.42 Å². The molecular formula is C10H15N3. The van der Waals surface area contributed by atoms with Crippen LogP contribution in [0.25, 0.3) is 0 Å². The molecule has 1 fully saturated rings. The Balaban J connectivity index is 2.33. The minimum Gasteiger partial charge on any atom is -0.397 e. The van der Waals surface area contributed by atoms with Gasteiger partial charge in [0.25, 0.3) is 0 Å². The third-order valence-corrected chi connectivity index (χ3v) is 2.61. The highest BCUT2D eigenvalue weighted by Crippen LogP contribution is 2.30. The summed E-state index contributed by atoms with van der Waals surface area (Å²) in [7, 11) is 0. The Morgan fingerprint density at radius 1 is 1.31 bits per heavy atom. The molecule has 1 aliphatic heterocycles. The van der Waals surface area contributed by atoms with Gasteiger partial charge >= 0.3 is 0 Å². The summed E-state index contributed by atoms with van der Waals surface area (Å²) in [6.07, 6.45) is 2.38. The van der Waals surface area contributed by atoms with Crippen LogP contribution in [0.15, 0.2) is 18.2 Å². The molecule has 70 valence electrons. The summed E-state index contributed by atoms with van der Waals surface area (Å²) in [4.78, 5) is 0. The van der Waals surface area contributed by atoms with Crippen LogP contribution in [-0.4, -0.2) is 6.54 Å². The lowest BCUT2D eigenvalue weighted by Crippen LogP contribution is -2.15. The number of nitrogens with one attached hydrogen (secondary N) is 1. The van der Waals surface area contributed by atoms with Gasteiger partial charge in [-0.15, -0.1) is 0 Å². The second-order valence-corrected chi connectivity index (χ2v) is 3.50. The van der Waals surface area contributed by atoms with Crippen molar-refractivity contribution in [2.45, 2.75) is 18.9 Å². The maximum Gasteiger partial charge on any atom is 0.0596 e. The van der Waals surface area contributed by atoms with Gasteiger partial charge in [-0.05, 0) is 31.0 Å². The molecule has 1 atom stereocenters. The maximum atomic E-state index is 5.90. The summed E-state index contributed by atoms with van der Waals surface area (Å²) in [6.45, 7) is 1.08. The molecule has 2 rings (SSSR count). The number of nitrogen functional groups attached to an aromatic ring is 2. The van der Waals surface area contributed by atoms with Gasteiger partial charge in [-0.3, -0.25) is 0 Å². The SMILES string of the molecule is Nc1cccc([C@H]2CCCN2)c1N. The van der Waals surface area contributed by atoms with Crippen molar-refractivity contribution in [3.63, 3.8) is 0 Å². The zero-order valence-corrected chi connectivity index (χ0v) is 7.59. The molecule has 0 aliphatic carbocycles. The molecule has 0 amide bonds. The molecule has 1 aromatic carbocycles. The molecule has 0 unspecified atom stereocenters. The lowest BCUT2D eigenvalue weighted by molar-refractivity contribution is 0.650. The first-order valence-corrected chi connectivity index (χ1v) is 4.66. The third kappa shape index (κ3) is 1.47. The van der Waals surface area contributed by atoms with Gasteiger partial charge in [-0.1, -0.05) is 12.1 Å². The molecule has 1 aromatic rings. The molecule has 0 saturated carbocycles. The van der Waals surface area contributed by atoms with Crippen molar-refractivity contribution >= 4 is 11.4 Å². The van der Waals surface area contributed by atoms with Gasteiger partial charge in [-0.25, -0.2) is 0 Å². The Hall–Kier alpha value is -1.22. The lowest BCUT2D eigenvalue weighted by atomic mass is 10.0. The monoisotopic (exact) mass is 177 g/mol. The van der Waals surface area contributed by atoms with E-state index in [4.69, 9.17) is 11.5 Å². The first-order valence-electron chi connectivity index (χ1n) is 4.66. The van der Waals surface area contributed by atoms with Gasteiger partial charge in [0.05, 0.1) is 11.4 Å². The smallest absolute Gasteiger partial charge is 0.0596 e. The molecule has 0 radical (unpaired) electrons. The molecule has 1 heterocycles. The molecule has 3 nitrogen and oxygen atoms in total. The fraction of sp³-hybridized carbons (Fsp3) is 0.400. The minimum atomic E-state index is 0.406. The van der Waals surface area contributed by atoms with Crippen molar-refractivity contribution in [3.05, 3.63) is 23.8 Å². The van der Waals surface area contributed by atoms with Crippen LogP contribution in [0.1, 0.15) is 24.4 Å². The largest absolute Gasteiger partial charge is 0.397 e. The first kappa shape index (κ1) is 8.38. The number of anilines is 2. The van der Waals surface area contributed by atoms with Crippen molar-refractivity contribution in [2.24, 2.45) is 0 Å². The standard InChI is InChI=1S/C10H15N3/c11-8-4-1-3-7(10(8)12)9-5-2-6-13-9/h1,3-4,9,13H,2,5-6,11-12H2/t9-/m1/s1. The second kappa shape index (κ2) is 3.26. The predicted molar refractivity (Wildman–Crippen MR) is 55.2 cm³/mol. The van der Waals surface area contributed by atoms with Crippen molar-refractivity contribution in [2.75, 3.05) is 18.0 Å². The van der Waals surface area contributed by atoms with E-state index in [0.717, 1.165) is 24.2 Å². The Kier molecular flexibility index (Phi) is 2.10. The maximum absolute atomic E-state index is 5.90. The van der Waals surface area contributed by atoms with Crippen LogP contribution in [0.4, 0.5) is 11.4 Å². The highest BCUT2D eigenvalue weighted by Gasteiger charge is 2.18. The van der Waals surface area contributed by atoms with E-state index in [1.54, 1.807) is 0 Å². The molecule has 3 heteroatoms. The average Bonchev–Trinajstić information content (AvgIpc) is 2.62. The Morgan fingerprint density at radius 3 is 2.85 bits per heavy atom. The lowest BCUT2D eigenvalue weighted by Gasteiger charge is -2.14.